The van der Waals surface area contributed by atoms with E-state index in [1.165, 1.54) is 103 Å². The van der Waals surface area contributed by atoms with Crippen molar-refractivity contribution >= 4 is 33.5 Å². The number of rotatable bonds is 23. The zero-order valence-corrected chi connectivity index (χ0v) is 31.7. The summed E-state index contributed by atoms with van der Waals surface area (Å²) in [5, 5.41) is 1.95. The van der Waals surface area contributed by atoms with Gasteiger partial charge in [0.2, 0.25) is 11.4 Å². The molecule has 2 atom stereocenters. The highest BCUT2D eigenvalue weighted by Crippen LogP contribution is 2.21. The number of aryl methyl sites for hydroxylation is 1. The maximum atomic E-state index is 12.4. The van der Waals surface area contributed by atoms with Crippen molar-refractivity contribution in [2.24, 2.45) is 5.92 Å². The highest BCUT2D eigenvalue weighted by Gasteiger charge is 2.28. The fraction of sp³-hybridized carbons (Fsp3) is 0.703. The van der Waals surface area contributed by atoms with E-state index in [0.717, 1.165) is 29.9 Å². The van der Waals surface area contributed by atoms with Crippen LogP contribution in [0.5, 0.6) is 0 Å². The van der Waals surface area contributed by atoms with Gasteiger partial charge in [-0.3, -0.25) is 4.79 Å². The molecule has 0 radical (unpaired) electrons. The third-order valence-corrected chi connectivity index (χ3v) is 10.1. The molecule has 12 heteroatoms. The molecular formula is C37H60N2O8S2. The van der Waals surface area contributed by atoms with Crippen molar-refractivity contribution in [2.45, 2.75) is 135 Å². The standard InChI is InChI=1S/C30H53N2O5S.C7H8O3S/c1-3-4-5-6-7-8-9-10-11-12-13-14-15-16-20-35-23-28-22-29(36-24-28)25-37-30(34)32(27(2)33)18-17-31-19-21-38-26-31;1-6-2-4-7(5-3-6)11(8,9)10/h19,21,26,28-29H,3-18,20,22-25H2,1-2H3;2-5H,1H3,(H,8,9,10)/q+1;/p-1/t28-,29-;/m0./s1. The summed E-state index contributed by atoms with van der Waals surface area (Å²) in [6.07, 6.45) is 21.1. The van der Waals surface area contributed by atoms with Crippen LogP contribution < -0.4 is 4.57 Å². The highest BCUT2D eigenvalue weighted by atomic mass is 32.2. The Balaban J connectivity index is 0.000000639. The van der Waals surface area contributed by atoms with Crippen molar-refractivity contribution in [3.8, 4) is 0 Å². The smallest absolute Gasteiger partial charge is 0.416 e. The number of aromatic nitrogens is 1. The Hall–Kier alpha value is -2.38. The van der Waals surface area contributed by atoms with E-state index in [0.29, 0.717) is 25.7 Å². The van der Waals surface area contributed by atoms with E-state index in [9.17, 15) is 22.6 Å². The maximum absolute atomic E-state index is 12.4. The second-order valence-corrected chi connectivity index (χ2v) is 15.1. The van der Waals surface area contributed by atoms with Gasteiger partial charge in [0, 0.05) is 19.4 Å². The van der Waals surface area contributed by atoms with Crippen LogP contribution in [-0.4, -0.2) is 68.9 Å². The lowest BCUT2D eigenvalue weighted by molar-refractivity contribution is -0.691. The molecule has 0 bridgehead atoms. The first-order valence-electron chi connectivity index (χ1n) is 18.2. The third kappa shape index (κ3) is 20.2. The van der Waals surface area contributed by atoms with Crippen molar-refractivity contribution in [1.29, 1.82) is 0 Å². The van der Waals surface area contributed by atoms with Crippen LogP contribution in [0.15, 0.2) is 46.2 Å². The summed E-state index contributed by atoms with van der Waals surface area (Å²) in [5.41, 5.74) is 2.87. The largest absolute Gasteiger partial charge is 0.744 e. The lowest BCUT2D eigenvalue weighted by Gasteiger charge is -2.18. The van der Waals surface area contributed by atoms with E-state index < -0.39 is 16.2 Å². The van der Waals surface area contributed by atoms with Crippen LogP contribution in [0, 0.1) is 12.8 Å². The molecule has 0 unspecified atom stereocenters. The van der Waals surface area contributed by atoms with Gasteiger partial charge in [0.1, 0.15) is 16.7 Å². The van der Waals surface area contributed by atoms with Gasteiger partial charge < -0.3 is 18.8 Å². The van der Waals surface area contributed by atoms with Gasteiger partial charge in [0.25, 0.3) is 0 Å². The van der Waals surface area contributed by atoms with Gasteiger partial charge in [-0.2, -0.15) is 4.57 Å². The first-order chi connectivity index (χ1) is 23.6. The summed E-state index contributed by atoms with van der Waals surface area (Å²) in [4.78, 5) is 25.3. The molecule has 1 aliphatic heterocycles. The van der Waals surface area contributed by atoms with Crippen LogP contribution in [0.1, 0.15) is 116 Å². The molecule has 3 rings (SSSR count). The maximum Gasteiger partial charge on any atom is 0.416 e. The summed E-state index contributed by atoms with van der Waals surface area (Å²) < 4.78 is 50.2. The number of carbonyl (C=O) groups is 2. The van der Waals surface area contributed by atoms with E-state index in [-0.39, 0.29) is 30.1 Å². The summed E-state index contributed by atoms with van der Waals surface area (Å²) in [6.45, 7) is 8.63. The van der Waals surface area contributed by atoms with Gasteiger partial charge >= 0.3 is 6.09 Å². The zero-order chi connectivity index (χ0) is 35.7. The molecule has 2 heterocycles. The number of hydrogen-bond donors (Lipinski definition) is 0. The van der Waals surface area contributed by atoms with Crippen LogP contribution in [0.25, 0.3) is 0 Å². The summed E-state index contributed by atoms with van der Waals surface area (Å²) in [7, 11) is -4.27. The number of nitrogens with zero attached hydrogens (tertiary/aromatic N) is 2. The molecule has 1 aromatic carbocycles. The number of ether oxygens (including phenoxy) is 3. The minimum atomic E-state index is -4.27. The van der Waals surface area contributed by atoms with Gasteiger partial charge in [-0.1, -0.05) is 119 Å². The molecule has 278 valence electrons. The van der Waals surface area contributed by atoms with Crippen LogP contribution in [0.4, 0.5) is 4.79 Å². The monoisotopic (exact) mass is 724 g/mol. The van der Waals surface area contributed by atoms with E-state index in [1.54, 1.807) is 23.5 Å². The summed E-state index contributed by atoms with van der Waals surface area (Å²) in [6, 6.07) is 5.78. The Morgan fingerprint density at radius 1 is 0.939 bits per heavy atom. The van der Waals surface area contributed by atoms with Crippen molar-refractivity contribution in [1.82, 2.24) is 4.90 Å². The second-order valence-electron chi connectivity index (χ2n) is 13.0. The molecule has 1 saturated heterocycles. The van der Waals surface area contributed by atoms with Crippen molar-refractivity contribution < 1.29 is 41.3 Å². The fourth-order valence-corrected chi connectivity index (χ4v) is 6.69. The summed E-state index contributed by atoms with van der Waals surface area (Å²) in [5.74, 6) is 0.0252. The van der Waals surface area contributed by atoms with Crippen LogP contribution in [0.3, 0.4) is 0 Å². The SMILES string of the molecule is CCCCCCCCCCCCCCCCOC[C@H]1CO[C@H](COC(=O)N(CC[n+]2ccsc2)C(C)=O)C1.Cc1ccc(S(=O)(=O)[O-])cc1. The first kappa shape index (κ1) is 42.8. The van der Waals surface area contributed by atoms with Gasteiger partial charge in [-0.25, -0.2) is 18.1 Å². The molecular weight excluding hydrogens is 665 g/mol. The number of benzene rings is 1. The van der Waals surface area contributed by atoms with Crippen molar-refractivity contribution in [3.63, 3.8) is 0 Å². The quantitative estimate of drug-likeness (QED) is 0.0645. The molecule has 2 amide bonds. The fourth-order valence-electron chi connectivity index (χ4n) is 5.59. The molecule has 10 nitrogen and oxygen atoms in total. The lowest BCUT2D eigenvalue weighted by atomic mass is 10.0. The molecule has 1 aromatic heterocycles. The molecule has 1 fully saturated rings. The minimum absolute atomic E-state index is 0.131. The van der Waals surface area contributed by atoms with Crippen LogP contribution >= 0.6 is 11.3 Å². The van der Waals surface area contributed by atoms with E-state index in [2.05, 4.69) is 6.92 Å². The molecule has 49 heavy (non-hydrogen) atoms. The molecule has 0 saturated carbocycles. The number of hydrogen-bond acceptors (Lipinski definition) is 9. The summed E-state index contributed by atoms with van der Waals surface area (Å²) >= 11 is 1.57. The number of amides is 2. The van der Waals surface area contributed by atoms with E-state index in [1.807, 2.05) is 28.6 Å². The number of unbranched alkanes of at least 4 members (excludes halogenated alkanes) is 13. The molecule has 1 aliphatic rings. The molecule has 0 spiro atoms. The topological polar surface area (TPSA) is 126 Å². The normalized spacial score (nSPS) is 15.8. The molecule has 0 N–H and O–H groups in total. The third-order valence-electron chi connectivity index (χ3n) is 8.57. The first-order valence-corrected chi connectivity index (χ1v) is 20.5. The number of thiazole rings is 1. The highest BCUT2D eigenvalue weighted by molar-refractivity contribution is 7.85. The van der Waals surface area contributed by atoms with Gasteiger partial charge in [-0.05, 0) is 31.9 Å². The van der Waals surface area contributed by atoms with Crippen molar-refractivity contribution in [2.75, 3.05) is 33.0 Å². The molecule has 2 aromatic rings. The Labute approximate surface area is 299 Å². The predicted octanol–water partition coefficient (Wildman–Crippen LogP) is 7.82. The zero-order valence-electron chi connectivity index (χ0n) is 30.0. The Morgan fingerprint density at radius 2 is 1.53 bits per heavy atom. The lowest BCUT2D eigenvalue weighted by Crippen LogP contribution is -2.44. The van der Waals surface area contributed by atoms with Crippen LogP contribution in [-0.2, 0) is 35.7 Å². The Kier molecular flexibility index (Phi) is 22.3. The average Bonchev–Trinajstić information content (AvgIpc) is 3.76. The van der Waals surface area contributed by atoms with Gasteiger partial charge in [0.15, 0.2) is 12.7 Å². The second kappa shape index (κ2) is 25.6. The average molecular weight is 725 g/mol. The Bertz CT molecular complexity index is 1260. The number of imide groups is 1. The van der Waals surface area contributed by atoms with E-state index in [4.69, 9.17) is 14.2 Å². The van der Waals surface area contributed by atoms with Crippen molar-refractivity contribution in [3.05, 3.63) is 46.9 Å². The van der Waals surface area contributed by atoms with Gasteiger partial charge in [-0.15, -0.1) is 0 Å². The van der Waals surface area contributed by atoms with Gasteiger partial charge in [0.05, 0.1) is 36.1 Å². The van der Waals surface area contributed by atoms with Crippen LogP contribution in [0.2, 0.25) is 0 Å². The molecule has 0 aliphatic carbocycles. The predicted molar refractivity (Wildman–Crippen MR) is 191 cm³/mol. The van der Waals surface area contributed by atoms with E-state index >= 15 is 0 Å². The minimum Gasteiger partial charge on any atom is -0.744 e. The Morgan fingerprint density at radius 3 is 2.06 bits per heavy atom. The number of carbonyl (C=O) groups excluding carboxylic acids is 2.